The molecule has 0 fully saturated rings. The summed E-state index contributed by atoms with van der Waals surface area (Å²) in [6, 6.07) is 5.33. The SMILES string of the molecule is [3H]OC(=O)c1ccc(OC(=O)OCCOC(=O)C=C)cc1. The van der Waals surface area contributed by atoms with Crippen LogP contribution in [0.1, 0.15) is 10.4 Å². The fourth-order valence-corrected chi connectivity index (χ4v) is 1.11. The van der Waals surface area contributed by atoms with Crippen molar-refractivity contribution in [3.05, 3.63) is 42.5 Å². The van der Waals surface area contributed by atoms with Gasteiger partial charge in [-0.1, -0.05) is 6.58 Å². The summed E-state index contributed by atoms with van der Waals surface area (Å²) in [6.07, 6.45) is 0.00216. The zero-order valence-corrected chi connectivity index (χ0v) is 10.4. The highest BCUT2D eigenvalue weighted by atomic mass is 16.7. The zero-order valence-electron chi connectivity index (χ0n) is 11.4. The van der Waals surface area contributed by atoms with E-state index in [4.69, 9.17) is 6.17 Å². The number of aromatic carboxylic acids is 1. The standard InChI is InChI=1S/C13H12O7/c1-2-11(14)18-7-8-19-13(17)20-10-5-3-9(4-6-10)12(15)16/h2-6H,1,7-8H2,(H,15,16)/i/hT. The average Bonchev–Trinajstić information content (AvgIpc) is 2.51. The largest absolute Gasteiger partial charge is 0.513 e. The molecule has 1 aromatic rings. The van der Waals surface area contributed by atoms with Crippen molar-refractivity contribution < 1.29 is 33.7 Å². The fourth-order valence-electron chi connectivity index (χ4n) is 1.11. The summed E-state index contributed by atoms with van der Waals surface area (Å²) in [7, 11) is 0. The van der Waals surface area contributed by atoms with Crippen LogP contribution in [0.2, 0.25) is 0 Å². The van der Waals surface area contributed by atoms with Crippen molar-refractivity contribution in [3.8, 4) is 5.75 Å². The van der Waals surface area contributed by atoms with Crippen LogP contribution >= 0.6 is 0 Å². The van der Waals surface area contributed by atoms with Crippen LogP contribution in [0.4, 0.5) is 4.79 Å². The highest BCUT2D eigenvalue weighted by molar-refractivity contribution is 5.87. The molecule has 0 aliphatic rings. The lowest BCUT2D eigenvalue weighted by Gasteiger charge is -2.06. The highest BCUT2D eigenvalue weighted by Crippen LogP contribution is 2.12. The van der Waals surface area contributed by atoms with Gasteiger partial charge >= 0.3 is 18.1 Å². The smallest absolute Gasteiger partial charge is 0.478 e. The number of carbonyl (C=O) groups is 3. The molecule has 7 nitrogen and oxygen atoms in total. The molecule has 0 saturated carbocycles. The van der Waals surface area contributed by atoms with Gasteiger partial charge in [-0.15, -0.1) is 0 Å². The number of ether oxygens (including phenoxy) is 3. The van der Waals surface area contributed by atoms with E-state index in [1.165, 1.54) is 24.3 Å². The number of benzene rings is 1. The molecular formula is C13H12O7. The number of hydrogen-bond donors (Lipinski definition) is 1. The second-order valence-corrected chi connectivity index (χ2v) is 3.38. The van der Waals surface area contributed by atoms with Crippen molar-refractivity contribution in [2.24, 2.45) is 0 Å². The van der Waals surface area contributed by atoms with E-state index in [2.05, 4.69) is 21.2 Å². The average molecular weight is 282 g/mol. The van der Waals surface area contributed by atoms with E-state index in [1.54, 1.807) is 0 Å². The molecule has 0 bridgehead atoms. The second-order valence-electron chi connectivity index (χ2n) is 3.38. The molecule has 0 aromatic heterocycles. The molecule has 20 heavy (non-hydrogen) atoms. The van der Waals surface area contributed by atoms with Gasteiger partial charge in [-0.3, -0.25) is 0 Å². The molecule has 0 saturated heterocycles. The second kappa shape index (κ2) is 7.57. The van der Waals surface area contributed by atoms with E-state index in [9.17, 15) is 14.4 Å². The maximum Gasteiger partial charge on any atom is 0.513 e. The van der Waals surface area contributed by atoms with Crippen molar-refractivity contribution in [1.29, 1.82) is 1.43 Å². The summed E-state index contributed by atoms with van der Waals surface area (Å²) in [4.78, 5) is 33.0. The van der Waals surface area contributed by atoms with Gasteiger partial charge in [-0.2, -0.15) is 0 Å². The molecule has 0 unspecified atom stereocenters. The van der Waals surface area contributed by atoms with Crippen molar-refractivity contribution in [2.75, 3.05) is 13.2 Å². The molecule has 1 aromatic carbocycles. The summed E-state index contributed by atoms with van der Waals surface area (Å²) in [5, 5.41) is 3.78. The lowest BCUT2D eigenvalue weighted by molar-refractivity contribution is -0.138. The zero-order chi connectivity index (χ0) is 15.7. The molecule has 0 amide bonds. The van der Waals surface area contributed by atoms with Crippen LogP contribution < -0.4 is 4.74 Å². The summed E-state index contributed by atoms with van der Waals surface area (Å²) in [5.41, 5.74) is 0.141. The number of rotatable bonds is 6. The normalized spacial score (nSPS) is 9.90. The van der Waals surface area contributed by atoms with Crippen molar-refractivity contribution in [2.45, 2.75) is 0 Å². The maximum atomic E-state index is 11.3. The maximum absolute atomic E-state index is 11.3. The van der Waals surface area contributed by atoms with E-state index in [0.717, 1.165) is 6.08 Å². The topological polar surface area (TPSA) is 99.1 Å². The Morgan fingerprint density at radius 2 is 1.85 bits per heavy atom. The quantitative estimate of drug-likeness (QED) is 0.366. The number of carboxylic acids is 1. The molecule has 0 radical (unpaired) electrons. The monoisotopic (exact) mass is 282 g/mol. The van der Waals surface area contributed by atoms with E-state index in [1.807, 2.05) is 0 Å². The minimum atomic E-state index is -0.986. The summed E-state index contributed by atoms with van der Waals surface area (Å²) < 4.78 is 20.5. The van der Waals surface area contributed by atoms with Crippen LogP contribution in [-0.4, -0.2) is 36.4 Å². The Bertz CT molecular complexity index is 524. The van der Waals surface area contributed by atoms with Crippen molar-refractivity contribution >= 4 is 18.1 Å². The predicted octanol–water partition coefficient (Wildman–Crippen LogP) is 1.63. The molecular weight excluding hydrogens is 268 g/mol. The Morgan fingerprint density at radius 3 is 2.45 bits per heavy atom. The van der Waals surface area contributed by atoms with E-state index in [0.29, 0.717) is 0 Å². The van der Waals surface area contributed by atoms with Crippen LogP contribution in [0.3, 0.4) is 0 Å². The first-order chi connectivity index (χ1) is 10.1. The molecule has 0 heterocycles. The fraction of sp³-hybridized carbons (Fsp3) is 0.154. The molecule has 0 atom stereocenters. The third-order valence-electron chi connectivity index (χ3n) is 2.01. The Labute approximate surface area is 115 Å². The van der Waals surface area contributed by atoms with Gasteiger partial charge in [0.15, 0.2) is 0 Å². The number of esters is 1. The Morgan fingerprint density at radius 1 is 1.20 bits per heavy atom. The van der Waals surface area contributed by atoms with Gasteiger partial charge in [0.05, 0.1) is 5.56 Å². The van der Waals surface area contributed by atoms with Gasteiger partial charge in [0, 0.05) is 6.08 Å². The lowest BCUT2D eigenvalue weighted by atomic mass is 10.2. The van der Waals surface area contributed by atoms with Crippen LogP contribution in [0.5, 0.6) is 5.75 Å². The first-order valence-electron chi connectivity index (χ1n) is 5.89. The molecule has 1 rings (SSSR count). The third-order valence-corrected chi connectivity index (χ3v) is 2.01. The molecule has 0 aliphatic heterocycles. The van der Waals surface area contributed by atoms with Gasteiger partial charge in [0.25, 0.3) is 1.43 Å². The van der Waals surface area contributed by atoms with E-state index >= 15 is 0 Å². The number of hydrogen-bond acceptors (Lipinski definition) is 7. The summed E-state index contributed by atoms with van der Waals surface area (Å²) >= 11 is 0. The summed E-state index contributed by atoms with van der Waals surface area (Å²) in [6.45, 7) is 2.92. The first kappa shape index (κ1) is 13.6. The molecule has 0 spiro atoms. The number of carbonyl (C=O) groups excluding carboxylic acids is 2. The minimum Gasteiger partial charge on any atom is -0.478 e. The van der Waals surface area contributed by atoms with Crippen LogP contribution in [0.25, 0.3) is 1.43 Å². The third kappa shape index (κ3) is 5.21. The minimum absolute atomic E-state index is 0.117. The van der Waals surface area contributed by atoms with Crippen LogP contribution in [-0.2, 0) is 14.3 Å². The van der Waals surface area contributed by atoms with Gasteiger partial charge in [0.2, 0.25) is 0 Å². The summed E-state index contributed by atoms with van der Waals surface area (Å²) in [5.74, 6) is -1.30. The predicted molar refractivity (Wildman–Crippen MR) is 66.5 cm³/mol. The molecule has 7 heteroatoms. The van der Waals surface area contributed by atoms with Crippen molar-refractivity contribution in [1.82, 2.24) is 0 Å². The molecule has 106 valence electrons. The Balaban J connectivity index is 2.36. The highest BCUT2D eigenvalue weighted by Gasteiger charge is 2.08. The number of carboxylic acid groups (broad SMARTS) is 1. The first-order valence-corrected chi connectivity index (χ1v) is 5.48. The van der Waals surface area contributed by atoms with Gasteiger partial charge in [-0.25, -0.2) is 14.4 Å². The van der Waals surface area contributed by atoms with Gasteiger partial charge in [-0.05, 0) is 24.3 Å². The Kier molecular flexibility index (Phi) is 5.15. The Hall–Kier alpha value is -2.83. The van der Waals surface area contributed by atoms with E-state index in [-0.39, 0.29) is 24.5 Å². The molecule has 1 N–H and O–H groups in total. The van der Waals surface area contributed by atoms with E-state index < -0.39 is 18.1 Å². The molecule has 0 aliphatic carbocycles. The van der Waals surface area contributed by atoms with Gasteiger partial charge in [0.1, 0.15) is 19.0 Å². The van der Waals surface area contributed by atoms with Crippen molar-refractivity contribution in [3.63, 3.8) is 0 Å². The lowest BCUT2D eigenvalue weighted by Crippen LogP contribution is -2.15. The van der Waals surface area contributed by atoms with Gasteiger partial charge < -0.3 is 19.3 Å². The van der Waals surface area contributed by atoms with Crippen LogP contribution in [0, 0.1) is 0 Å². The van der Waals surface area contributed by atoms with Crippen LogP contribution in [0.15, 0.2) is 36.9 Å².